The molecule has 5 heterocycles. The third kappa shape index (κ3) is 20.6. The quantitative estimate of drug-likeness (QED) is 0.0102. The second kappa shape index (κ2) is 34.5. The van der Waals surface area contributed by atoms with Crippen LogP contribution in [-0.4, -0.2) is 181 Å². The summed E-state index contributed by atoms with van der Waals surface area (Å²) in [6.45, 7) is 10.3. The number of urea groups is 1. The van der Waals surface area contributed by atoms with Gasteiger partial charge in [-0.2, -0.15) is 13.5 Å². The van der Waals surface area contributed by atoms with Crippen LogP contribution < -0.4 is 31.9 Å². The Bertz CT molecular complexity index is 4660. The molecule has 0 saturated heterocycles. The highest BCUT2D eigenvalue weighted by Crippen LogP contribution is 2.72. The molecule has 3 aromatic carbocycles. The summed E-state index contributed by atoms with van der Waals surface area (Å²) in [4.78, 5) is 157. The number of aromatic carboxylic acids is 1. The summed E-state index contributed by atoms with van der Waals surface area (Å²) in [6, 6.07) is 19.6. The number of thiazole rings is 1. The zero-order valence-electron chi connectivity index (χ0n) is 62.9. The summed E-state index contributed by atoms with van der Waals surface area (Å²) in [5.74, 6) is -7.31. The van der Waals surface area contributed by atoms with Crippen LogP contribution in [0.25, 0.3) is 21.3 Å². The number of carbonyl (C=O) groups excluding carboxylic acids is 9. The van der Waals surface area contributed by atoms with E-state index in [9.17, 15) is 75.9 Å². The van der Waals surface area contributed by atoms with E-state index in [0.717, 1.165) is 56.1 Å². The van der Waals surface area contributed by atoms with Crippen LogP contribution in [0.4, 0.5) is 20.5 Å². The Morgan fingerprint density at radius 2 is 1.50 bits per heavy atom. The molecule has 9 N–H and O–H groups in total. The molecule has 4 saturated carbocycles. The molecule has 4 fully saturated rings. The Morgan fingerprint density at radius 3 is 2.19 bits per heavy atom. The molecule has 6 aliphatic rings. The first-order valence-corrected chi connectivity index (χ1v) is 39.9. The molecule has 4 aliphatic carbocycles. The van der Waals surface area contributed by atoms with E-state index in [1.165, 1.54) is 23.5 Å². The summed E-state index contributed by atoms with van der Waals surface area (Å²) in [5, 5.41) is 36.8. The van der Waals surface area contributed by atoms with Crippen molar-refractivity contribution in [1.82, 2.24) is 45.5 Å². The maximum atomic E-state index is 14.5. The number of benzene rings is 3. The van der Waals surface area contributed by atoms with Crippen molar-refractivity contribution < 1.29 is 85.4 Å². The number of nitrogens with two attached hydrogens (primary N) is 1. The van der Waals surface area contributed by atoms with Crippen molar-refractivity contribution in [3.8, 4) is 11.1 Å². The third-order valence-corrected chi connectivity index (χ3v) is 23.6. The molecule has 12 rings (SSSR count). The molecule has 6 aromatic rings. The van der Waals surface area contributed by atoms with Gasteiger partial charge in [0.05, 0.1) is 46.8 Å². The molecular weight excluding hydrogens is 1470 g/mol. The normalized spacial score (nSPS) is 20.5. The predicted octanol–water partition coefficient (Wildman–Crippen LogP) is 8.76. The number of primary amides is 1. The number of ether oxygens (including phenoxy) is 2. The number of carbonyl (C=O) groups is 11. The van der Waals surface area contributed by atoms with Crippen molar-refractivity contribution in [2.75, 3.05) is 55.3 Å². The minimum atomic E-state index is -4.68. The molecular formula is C79H96N12O18S2. The number of aromatic nitrogens is 4. The molecule has 2 aliphatic heterocycles. The Kier molecular flexibility index (Phi) is 25.4. The topological polar surface area (TPSA) is 429 Å². The van der Waals surface area contributed by atoms with Crippen LogP contribution in [0.3, 0.4) is 0 Å². The van der Waals surface area contributed by atoms with Crippen molar-refractivity contribution in [2.24, 2.45) is 33.8 Å². The summed E-state index contributed by atoms with van der Waals surface area (Å²) >= 11 is 1.39. The second-order valence-corrected chi connectivity index (χ2v) is 34.0. The molecule has 111 heavy (non-hydrogen) atoms. The van der Waals surface area contributed by atoms with Gasteiger partial charge >= 0.3 is 24.1 Å². The van der Waals surface area contributed by atoms with Gasteiger partial charge < -0.3 is 51.2 Å². The lowest BCUT2D eigenvalue weighted by Crippen LogP contribution is -2.64. The number of hydrogen-bond acceptors (Lipinski definition) is 20. The number of fused-ring (bicyclic) bond motifs is 2. The van der Waals surface area contributed by atoms with Crippen molar-refractivity contribution in [3.63, 3.8) is 0 Å². The molecule has 32 heteroatoms. The van der Waals surface area contributed by atoms with E-state index in [1.807, 2.05) is 52.9 Å². The van der Waals surface area contributed by atoms with E-state index < -0.39 is 88.3 Å². The predicted molar refractivity (Wildman–Crippen MR) is 409 cm³/mol. The van der Waals surface area contributed by atoms with Crippen molar-refractivity contribution in [2.45, 2.75) is 175 Å². The van der Waals surface area contributed by atoms with Crippen LogP contribution in [0.5, 0.6) is 0 Å². The number of carboxylic acid groups (broad SMARTS) is 2. The van der Waals surface area contributed by atoms with Gasteiger partial charge in [0.2, 0.25) is 11.8 Å². The fourth-order valence-corrected chi connectivity index (χ4v) is 19.2. The number of pyridine rings is 1. The van der Waals surface area contributed by atoms with Crippen LogP contribution in [0.2, 0.25) is 0 Å². The summed E-state index contributed by atoms with van der Waals surface area (Å²) in [7, 11) is -4.68. The largest absolute Gasteiger partial charge is 0.481 e. The van der Waals surface area contributed by atoms with E-state index >= 15 is 0 Å². The molecule has 30 nitrogen and oxygen atoms in total. The average Bonchev–Trinajstić information content (AvgIpc) is 0.974. The smallest absolute Gasteiger partial charge is 0.408 e. The number of nitrogens with zero attached hydrogens (tertiary/aromatic N) is 7. The first-order chi connectivity index (χ1) is 52.7. The molecule has 3 aromatic heterocycles. The molecule has 592 valence electrons. The number of imide groups is 1. The number of Topliss-reactive ketones (excluding diaryl/α,β-unsaturated/α-hetero) is 2. The van der Waals surface area contributed by atoms with Gasteiger partial charge in [-0.1, -0.05) is 94.0 Å². The number of aliphatic carboxylic acids is 1. The minimum Gasteiger partial charge on any atom is -0.481 e. The highest BCUT2D eigenvalue weighted by molar-refractivity contribution is 7.85. The van der Waals surface area contributed by atoms with Gasteiger partial charge in [-0.15, -0.1) is 0 Å². The maximum absolute atomic E-state index is 14.5. The molecule has 0 spiro atoms. The van der Waals surface area contributed by atoms with Crippen LogP contribution in [0.1, 0.15) is 166 Å². The zero-order valence-corrected chi connectivity index (χ0v) is 64.6. The monoisotopic (exact) mass is 1560 g/mol. The number of para-hydroxylation sites is 1. The van der Waals surface area contributed by atoms with E-state index in [2.05, 4.69) is 40.1 Å². The third-order valence-electron chi connectivity index (χ3n) is 21.9. The molecule has 2 unspecified atom stereocenters. The Hall–Kier alpha value is -10.3. The highest BCUT2D eigenvalue weighted by atomic mass is 32.2. The number of anilines is 2. The molecule has 0 radical (unpaired) electrons. The summed E-state index contributed by atoms with van der Waals surface area (Å²) < 4.78 is 49.7. The number of ketones is 2. The average molecular weight is 1570 g/mol. The van der Waals surface area contributed by atoms with Crippen LogP contribution in [-0.2, 0) is 85.7 Å². The molecule has 5 atom stereocenters. The van der Waals surface area contributed by atoms with E-state index in [1.54, 1.807) is 62.5 Å². The number of amides is 8. The fraction of sp³-hybridized carbons (Fsp3) is 0.494. The minimum absolute atomic E-state index is 0.0785. The van der Waals surface area contributed by atoms with Crippen LogP contribution in [0, 0.1) is 35.0 Å². The van der Waals surface area contributed by atoms with Crippen molar-refractivity contribution in [3.05, 3.63) is 136 Å². The van der Waals surface area contributed by atoms with Crippen molar-refractivity contribution >= 4 is 108 Å². The van der Waals surface area contributed by atoms with Gasteiger partial charge in [-0.05, 0) is 152 Å². The van der Waals surface area contributed by atoms with Gasteiger partial charge in [-0.3, -0.25) is 57.8 Å². The van der Waals surface area contributed by atoms with Crippen LogP contribution >= 0.6 is 11.3 Å². The van der Waals surface area contributed by atoms with E-state index in [-0.39, 0.29) is 122 Å². The highest BCUT2D eigenvalue weighted by Gasteiger charge is 2.66. The van der Waals surface area contributed by atoms with E-state index in [0.29, 0.717) is 103 Å². The number of carboxylic acids is 2. The lowest BCUT2D eigenvalue weighted by Gasteiger charge is -2.69. The van der Waals surface area contributed by atoms with Gasteiger partial charge in [0.25, 0.3) is 27.8 Å². The lowest BCUT2D eigenvalue weighted by molar-refractivity contribution is -0.248. The van der Waals surface area contributed by atoms with Crippen LogP contribution in [0.15, 0.2) is 97.2 Å². The summed E-state index contributed by atoms with van der Waals surface area (Å²) in [6.07, 6.45) is 8.95. The standard InChI is InChI=1S/C79H96N12O18S2/c1-48(2)56(36-53(92)14-7-6-10-29-90-65(94)25-26-66(90)95)70(99)83-59(17-12-28-81-73(80)103)62(93)35-50-19-21-51(22-20-50)40-108-75(104)85-61(37-67(96)97)71(100)88(32-34-111(105,106)107)31-33-109-79-44-76(4)41-77(5,45-79)43-78(42-76,46-79)47-91-49(3)57(38-82-91)54-23-24-64(86-68(54)72(101)102)89-30-27-52-13-11-15-55(58(52)39-89)69(98)87-74-84-60-16-8-9-18-63(60)110-74/h8-9,11,13,15-16,18-26,38,48,56,59,61H,6-7,10,12,14,17,27-37,39-47H2,1-5H3,(H,83,99)(H,85,104)(H,96,97)(H,101,102)(H3,80,81,103)(H,84,87,98)(H,105,106,107)/t56-,59-,61+,76?,77?,78?,79?/m0/s1. The number of unbranched alkanes of at least 4 members (excludes halogenated alkanes) is 2. The fourth-order valence-electron chi connectivity index (χ4n) is 17.9. The van der Waals surface area contributed by atoms with Gasteiger partial charge in [0.1, 0.15) is 24.2 Å². The van der Waals surface area contributed by atoms with Gasteiger partial charge in [0.15, 0.2) is 16.6 Å². The zero-order chi connectivity index (χ0) is 79.7. The molecule has 4 bridgehead atoms. The number of hydrogen-bond donors (Lipinski definition) is 8. The summed E-state index contributed by atoms with van der Waals surface area (Å²) in [5.41, 5.74) is 9.33. The molecule has 8 amide bonds. The number of rotatable bonds is 38. The SMILES string of the molecule is Cc1c(-c2ccc(N3CCc4cccc(C(=O)Nc5nc6ccccc6s5)c4C3)nc2C(=O)O)cnn1CC12CC3(C)CC(C)(C1)CC(OCCN(CCS(=O)(=O)O)C(=O)[C@@H](CC(=O)O)NC(=O)OCc1ccc(CC(=O)[C@H](CCCNC(N)=O)NC(=O)[C@@H](CC(=O)CCCCCN4C(=O)C=CC4=O)C(C)C)cc1)(C3)C2. The lowest BCUT2D eigenvalue weighted by atomic mass is 9.39. The Labute approximate surface area is 646 Å². The van der Waals surface area contributed by atoms with E-state index in [4.69, 9.17) is 25.3 Å². The maximum Gasteiger partial charge on any atom is 0.408 e. The number of alkyl carbamates (subject to hydrolysis) is 1. The number of nitrogens with one attached hydrogen (secondary N) is 4. The van der Waals surface area contributed by atoms with Gasteiger partial charge in [0, 0.05) is 106 Å². The first kappa shape index (κ1) is 81.7. The second-order valence-electron chi connectivity index (χ2n) is 31.4. The Balaban J connectivity index is 0.698. The Morgan fingerprint density at radius 1 is 0.784 bits per heavy atom. The first-order valence-electron chi connectivity index (χ1n) is 37.5. The van der Waals surface area contributed by atoms with Crippen molar-refractivity contribution in [1.29, 1.82) is 0 Å². The van der Waals surface area contributed by atoms with Gasteiger partial charge in [-0.25, -0.2) is 24.4 Å².